The van der Waals surface area contributed by atoms with Crippen LogP contribution < -0.4 is 10.2 Å². The fourth-order valence-electron chi connectivity index (χ4n) is 3.27. The summed E-state index contributed by atoms with van der Waals surface area (Å²) in [5.74, 6) is 1.57. The summed E-state index contributed by atoms with van der Waals surface area (Å²) in [6.07, 6.45) is 2.41. The predicted octanol–water partition coefficient (Wildman–Crippen LogP) is 4.64. The lowest BCUT2D eigenvalue weighted by Gasteiger charge is -2.12. The number of aryl methyl sites for hydroxylation is 1. The maximum Gasteiger partial charge on any atom is 0.232 e. The lowest BCUT2D eigenvalue weighted by Crippen LogP contribution is -2.27. The van der Waals surface area contributed by atoms with Gasteiger partial charge in [-0.1, -0.05) is 83.3 Å². The molecule has 0 fully saturated rings. The summed E-state index contributed by atoms with van der Waals surface area (Å²) in [4.78, 5) is 26.3. The second kappa shape index (κ2) is 13.2. The van der Waals surface area contributed by atoms with Crippen molar-refractivity contribution in [2.45, 2.75) is 31.4 Å². The fourth-order valence-corrected chi connectivity index (χ4v) is 5.89. The first-order valence-electron chi connectivity index (χ1n) is 11.4. The molecule has 0 radical (unpaired) electrons. The van der Waals surface area contributed by atoms with Crippen molar-refractivity contribution in [3.05, 3.63) is 81.8 Å². The molecule has 0 unspecified atom stereocenters. The number of likely N-dealkylation sites (N-methyl/N-ethyl adjacent to an activating group) is 1. The normalized spacial score (nSPS) is 10.8. The van der Waals surface area contributed by atoms with E-state index in [1.54, 1.807) is 23.7 Å². The Balaban J connectivity index is 1.14. The Labute approximate surface area is 222 Å². The topological polar surface area (TPSA) is 101 Å². The van der Waals surface area contributed by atoms with E-state index in [4.69, 9.17) is 0 Å². The van der Waals surface area contributed by atoms with Gasteiger partial charge in [0.1, 0.15) is 10.0 Å². The highest BCUT2D eigenvalue weighted by molar-refractivity contribution is 7.98. The zero-order valence-corrected chi connectivity index (χ0v) is 22.2. The quantitative estimate of drug-likeness (QED) is 0.262. The number of nitrogens with zero attached hydrogens (tertiary/aromatic N) is 5. The van der Waals surface area contributed by atoms with Gasteiger partial charge in [-0.3, -0.25) is 14.5 Å². The van der Waals surface area contributed by atoms with Crippen LogP contribution in [0, 0.1) is 0 Å². The van der Waals surface area contributed by atoms with Crippen LogP contribution >= 0.6 is 34.4 Å². The highest BCUT2D eigenvalue weighted by Gasteiger charge is 2.16. The van der Waals surface area contributed by atoms with Gasteiger partial charge in [0.2, 0.25) is 22.1 Å². The summed E-state index contributed by atoms with van der Waals surface area (Å²) in [6, 6.07) is 19.3. The van der Waals surface area contributed by atoms with Crippen molar-refractivity contribution in [3.8, 4) is 0 Å². The van der Waals surface area contributed by atoms with Crippen molar-refractivity contribution in [1.29, 1.82) is 0 Å². The van der Waals surface area contributed by atoms with Crippen molar-refractivity contribution in [2.75, 3.05) is 23.0 Å². The molecule has 36 heavy (non-hydrogen) atoms. The maximum atomic E-state index is 12.5. The van der Waals surface area contributed by atoms with Gasteiger partial charge >= 0.3 is 0 Å². The molecule has 0 aliphatic carbocycles. The summed E-state index contributed by atoms with van der Waals surface area (Å²) in [5.41, 5.74) is 1.94. The first kappa shape index (κ1) is 25.9. The lowest BCUT2D eigenvalue weighted by atomic mass is 10.1. The molecule has 2 aromatic heterocycles. The molecule has 0 aliphatic rings. The van der Waals surface area contributed by atoms with E-state index < -0.39 is 0 Å². The fraction of sp³-hybridized carbons (Fsp3) is 0.280. The Morgan fingerprint density at radius 1 is 0.861 bits per heavy atom. The zero-order chi connectivity index (χ0) is 25.2. The number of amides is 2. The van der Waals surface area contributed by atoms with E-state index in [1.165, 1.54) is 22.7 Å². The summed E-state index contributed by atoms with van der Waals surface area (Å²) < 4.78 is 0. The summed E-state index contributed by atoms with van der Waals surface area (Å²) in [5, 5.41) is 22.5. The van der Waals surface area contributed by atoms with Gasteiger partial charge in [-0.25, -0.2) is 0 Å². The number of hydrogen-bond donors (Lipinski definition) is 1. The monoisotopic (exact) mass is 538 g/mol. The minimum atomic E-state index is -0.0969. The molecule has 0 spiro atoms. The van der Waals surface area contributed by atoms with Crippen LogP contribution in [0.1, 0.15) is 27.6 Å². The van der Waals surface area contributed by atoms with E-state index in [0.717, 1.165) is 45.5 Å². The van der Waals surface area contributed by atoms with Crippen LogP contribution in [0.5, 0.6) is 0 Å². The number of rotatable bonds is 12. The van der Waals surface area contributed by atoms with Gasteiger partial charge in [0, 0.05) is 19.2 Å². The Kier molecular flexibility index (Phi) is 9.54. The first-order valence-corrected chi connectivity index (χ1v) is 14.2. The van der Waals surface area contributed by atoms with Crippen LogP contribution in [0.25, 0.3) is 0 Å². The highest BCUT2D eigenvalue weighted by Crippen LogP contribution is 2.23. The number of anilines is 2. The number of carbonyl (C=O) groups is 2. The Morgan fingerprint density at radius 3 is 2.25 bits per heavy atom. The molecule has 4 aromatic rings. The molecule has 1 N–H and O–H groups in total. The van der Waals surface area contributed by atoms with Crippen LogP contribution in [-0.4, -0.2) is 45.0 Å². The molecule has 8 nitrogen and oxygen atoms in total. The smallest absolute Gasteiger partial charge is 0.232 e. The molecule has 186 valence electrons. The molecule has 11 heteroatoms. The van der Waals surface area contributed by atoms with E-state index in [2.05, 4.69) is 25.7 Å². The number of hydrogen-bond acceptors (Lipinski definition) is 9. The third-order valence-corrected chi connectivity index (χ3v) is 8.28. The molecular formula is C25H26N6O2S3. The van der Waals surface area contributed by atoms with Crippen LogP contribution in [0.15, 0.2) is 60.7 Å². The Morgan fingerprint density at radius 2 is 1.53 bits per heavy atom. The minimum absolute atomic E-state index is 0.00728. The molecule has 2 heterocycles. The van der Waals surface area contributed by atoms with E-state index in [0.29, 0.717) is 23.1 Å². The Bertz CT molecular complexity index is 1260. The van der Waals surface area contributed by atoms with Gasteiger partial charge < -0.3 is 5.32 Å². The largest absolute Gasteiger partial charge is 0.300 e. The number of nitrogens with one attached hydrogen (secondary N) is 1. The van der Waals surface area contributed by atoms with Crippen molar-refractivity contribution in [3.63, 3.8) is 0 Å². The standard InChI is InChI=1S/C25H26N6O2S3/c1-31(23(33)16-19-11-6-3-7-12-19)25-30-27-21(36-25)13-8-14-34-17-22-28-29-24(35-22)26-20(32)15-18-9-4-2-5-10-18/h2-7,9-12H,8,13-17H2,1H3,(H,26,29,32). The Hall–Kier alpha value is -3.15. The lowest BCUT2D eigenvalue weighted by molar-refractivity contribution is -0.118. The van der Waals surface area contributed by atoms with Crippen LogP contribution in [0.2, 0.25) is 0 Å². The molecule has 0 aliphatic heterocycles. The van der Waals surface area contributed by atoms with Crippen LogP contribution in [-0.2, 0) is 34.6 Å². The summed E-state index contributed by atoms with van der Waals surface area (Å²) >= 11 is 4.63. The average molecular weight is 539 g/mol. The molecule has 2 amide bonds. The highest BCUT2D eigenvalue weighted by atomic mass is 32.2. The zero-order valence-electron chi connectivity index (χ0n) is 19.8. The maximum absolute atomic E-state index is 12.5. The second-order valence-electron chi connectivity index (χ2n) is 7.96. The minimum Gasteiger partial charge on any atom is -0.300 e. The number of aromatic nitrogens is 4. The number of benzene rings is 2. The van der Waals surface area contributed by atoms with E-state index in [-0.39, 0.29) is 11.8 Å². The predicted molar refractivity (Wildman–Crippen MR) is 147 cm³/mol. The third kappa shape index (κ3) is 7.94. The molecule has 2 aromatic carbocycles. The van der Waals surface area contributed by atoms with Gasteiger partial charge in [-0.2, -0.15) is 11.8 Å². The summed E-state index contributed by atoms with van der Waals surface area (Å²) in [7, 11) is 1.74. The van der Waals surface area contributed by atoms with Gasteiger partial charge in [0.05, 0.1) is 12.8 Å². The second-order valence-corrected chi connectivity index (χ2v) is 11.2. The molecule has 0 atom stereocenters. The van der Waals surface area contributed by atoms with Gasteiger partial charge in [-0.05, 0) is 23.3 Å². The molecule has 0 bridgehead atoms. The van der Waals surface area contributed by atoms with Crippen molar-refractivity contribution < 1.29 is 9.59 Å². The SMILES string of the molecule is CN(C(=O)Cc1ccccc1)c1nnc(CCCSCc2nnc(NC(=O)Cc3ccccc3)s2)s1. The van der Waals surface area contributed by atoms with E-state index in [9.17, 15) is 9.59 Å². The van der Waals surface area contributed by atoms with E-state index >= 15 is 0 Å². The van der Waals surface area contributed by atoms with Gasteiger partial charge in [0.25, 0.3) is 0 Å². The van der Waals surface area contributed by atoms with Crippen LogP contribution in [0.3, 0.4) is 0 Å². The molecular weight excluding hydrogens is 513 g/mol. The molecule has 0 saturated carbocycles. The van der Waals surface area contributed by atoms with Crippen molar-refractivity contribution >= 4 is 56.5 Å². The van der Waals surface area contributed by atoms with Crippen LogP contribution in [0.4, 0.5) is 10.3 Å². The van der Waals surface area contributed by atoms with E-state index in [1.807, 2.05) is 60.7 Å². The molecule has 4 rings (SSSR count). The summed E-state index contributed by atoms with van der Waals surface area (Å²) in [6.45, 7) is 0. The number of carbonyl (C=O) groups excluding carboxylic acids is 2. The third-order valence-electron chi connectivity index (χ3n) is 5.14. The average Bonchev–Trinajstić information content (AvgIpc) is 3.54. The molecule has 0 saturated heterocycles. The van der Waals surface area contributed by atoms with Crippen molar-refractivity contribution in [2.24, 2.45) is 0 Å². The van der Waals surface area contributed by atoms with Gasteiger partial charge in [0.15, 0.2) is 0 Å². The number of thioether (sulfide) groups is 1. The first-order chi connectivity index (χ1) is 17.6. The van der Waals surface area contributed by atoms with Crippen molar-refractivity contribution in [1.82, 2.24) is 20.4 Å². The van der Waals surface area contributed by atoms with Gasteiger partial charge in [-0.15, -0.1) is 20.4 Å².